The van der Waals surface area contributed by atoms with Crippen molar-refractivity contribution < 1.29 is 19.1 Å². The van der Waals surface area contributed by atoms with Gasteiger partial charge in [-0.15, -0.1) is 0 Å². The molecular formula is C58H55Br2NO4. The third kappa shape index (κ3) is 7.05. The summed E-state index contributed by atoms with van der Waals surface area (Å²) in [5.74, 6) is 2.06. The number of nitrogens with one attached hydrogen (secondary N) is 1. The molecule has 7 heteroatoms. The Morgan fingerprint density at radius 2 is 0.846 bits per heavy atom. The molecule has 1 heterocycles. The monoisotopic (exact) mass is 987 g/mol. The molecule has 6 atom stereocenters. The fourth-order valence-electron chi connectivity index (χ4n) is 12.2. The zero-order chi connectivity index (χ0) is 45.0. The largest absolute Gasteiger partial charge is 0.458 e. The molecule has 0 radical (unpaired) electrons. The van der Waals surface area contributed by atoms with Crippen LogP contribution in [0.2, 0.25) is 0 Å². The van der Waals surface area contributed by atoms with E-state index in [1.807, 2.05) is 12.1 Å². The molecule has 9 aromatic rings. The Bertz CT molecular complexity index is 3210. The SMILES string of the molecule is CC(C)[C@@H]1CC[C@@H](C)C[C@H]1OC(=O)c1ccc2c3ccccc3c3cc(Br)c4[nH]c5c(Br)cc6c7ccccc7c7ccc(C(=O)O[C@@H]8C[C@H](C)CC[C@H]8C(C)C)cc7c6c5c4c3c2c1. The molecule has 2 aliphatic carbocycles. The molecule has 11 rings (SSSR count). The lowest BCUT2D eigenvalue weighted by Crippen LogP contribution is -2.35. The van der Waals surface area contributed by atoms with Crippen LogP contribution in [0, 0.1) is 35.5 Å². The van der Waals surface area contributed by atoms with Gasteiger partial charge in [0.25, 0.3) is 0 Å². The summed E-state index contributed by atoms with van der Waals surface area (Å²) in [5, 5.41) is 15.1. The van der Waals surface area contributed by atoms with Gasteiger partial charge in [-0.3, -0.25) is 0 Å². The van der Waals surface area contributed by atoms with E-state index >= 15 is 0 Å². The minimum absolute atomic E-state index is 0.108. The van der Waals surface area contributed by atoms with E-state index < -0.39 is 0 Å². The molecule has 1 aromatic heterocycles. The van der Waals surface area contributed by atoms with E-state index in [2.05, 4.69) is 163 Å². The Labute approximate surface area is 396 Å². The molecule has 2 aliphatic rings. The number of hydrogen-bond acceptors (Lipinski definition) is 4. The summed E-state index contributed by atoms with van der Waals surface area (Å²) in [4.78, 5) is 32.7. The van der Waals surface area contributed by atoms with E-state index in [4.69, 9.17) is 9.47 Å². The number of halogens is 2. The van der Waals surface area contributed by atoms with Crippen molar-refractivity contribution >= 4 is 130 Å². The molecular weight excluding hydrogens is 934 g/mol. The lowest BCUT2D eigenvalue weighted by Gasteiger charge is -2.36. The molecule has 8 aromatic carbocycles. The quantitative estimate of drug-likeness (QED) is 0.133. The minimum atomic E-state index is -0.266. The van der Waals surface area contributed by atoms with E-state index in [0.29, 0.717) is 46.6 Å². The molecule has 0 saturated heterocycles. The number of benzene rings is 8. The lowest BCUT2D eigenvalue weighted by molar-refractivity contribution is -0.0181. The van der Waals surface area contributed by atoms with Crippen LogP contribution in [0.1, 0.15) is 101 Å². The molecule has 2 fully saturated rings. The zero-order valence-corrected chi connectivity index (χ0v) is 41.2. The van der Waals surface area contributed by atoms with Gasteiger partial charge in [-0.2, -0.15) is 0 Å². The van der Waals surface area contributed by atoms with Crippen molar-refractivity contribution in [1.82, 2.24) is 4.98 Å². The average Bonchev–Trinajstić information content (AvgIpc) is 3.71. The van der Waals surface area contributed by atoms with Crippen molar-refractivity contribution in [1.29, 1.82) is 0 Å². The average molecular weight is 990 g/mol. The van der Waals surface area contributed by atoms with Crippen molar-refractivity contribution in [3.05, 3.63) is 117 Å². The van der Waals surface area contributed by atoms with Crippen LogP contribution in [-0.4, -0.2) is 29.1 Å². The molecule has 0 amide bonds. The van der Waals surface area contributed by atoms with Crippen LogP contribution in [0.5, 0.6) is 0 Å². The Morgan fingerprint density at radius 3 is 1.23 bits per heavy atom. The maximum atomic E-state index is 14.4. The Morgan fingerprint density at radius 1 is 0.492 bits per heavy atom. The fourth-order valence-corrected chi connectivity index (χ4v) is 13.2. The van der Waals surface area contributed by atoms with Crippen molar-refractivity contribution in [3.8, 4) is 0 Å². The summed E-state index contributed by atoms with van der Waals surface area (Å²) in [5.41, 5.74) is 3.04. The number of aromatic amines is 1. The highest BCUT2D eigenvalue weighted by Crippen LogP contribution is 2.50. The normalized spacial score (nSPS) is 21.9. The molecule has 330 valence electrons. The predicted octanol–water partition coefficient (Wildman–Crippen LogP) is 17.0. The molecule has 0 spiro atoms. The van der Waals surface area contributed by atoms with E-state index in [0.717, 1.165) is 121 Å². The number of carbonyl (C=O) groups excluding carboxylic acids is 2. The van der Waals surface area contributed by atoms with Crippen LogP contribution in [-0.2, 0) is 9.47 Å². The second-order valence-corrected chi connectivity index (χ2v) is 22.0. The Balaban J connectivity index is 1.20. The van der Waals surface area contributed by atoms with Gasteiger partial charge in [-0.25, -0.2) is 9.59 Å². The van der Waals surface area contributed by atoms with Gasteiger partial charge in [-0.1, -0.05) is 115 Å². The number of fused-ring (bicyclic) bond motifs is 17. The molecule has 0 bridgehead atoms. The van der Waals surface area contributed by atoms with E-state index in [-0.39, 0.29) is 24.1 Å². The third-order valence-corrected chi connectivity index (χ3v) is 16.8. The maximum absolute atomic E-state index is 14.4. The third-order valence-electron chi connectivity index (χ3n) is 15.6. The summed E-state index contributed by atoms with van der Waals surface area (Å²) < 4.78 is 14.9. The fraction of sp³-hybridized carbons (Fsp3) is 0.345. The van der Waals surface area contributed by atoms with Gasteiger partial charge in [0.1, 0.15) is 12.2 Å². The summed E-state index contributed by atoms with van der Waals surface area (Å²) in [6.07, 6.45) is 6.06. The first-order valence-electron chi connectivity index (χ1n) is 23.8. The topological polar surface area (TPSA) is 68.4 Å². The number of ether oxygens (including phenoxy) is 2. The minimum Gasteiger partial charge on any atom is -0.458 e. The number of H-pyrrole nitrogens is 1. The second kappa shape index (κ2) is 16.4. The van der Waals surface area contributed by atoms with Crippen LogP contribution in [0.3, 0.4) is 0 Å². The van der Waals surface area contributed by atoms with Crippen LogP contribution in [0.4, 0.5) is 0 Å². The maximum Gasteiger partial charge on any atom is 0.338 e. The number of esters is 2. The smallest absolute Gasteiger partial charge is 0.338 e. The molecule has 2 saturated carbocycles. The second-order valence-electron chi connectivity index (χ2n) is 20.3. The molecule has 5 nitrogen and oxygen atoms in total. The van der Waals surface area contributed by atoms with Gasteiger partial charge in [0, 0.05) is 30.5 Å². The number of rotatable bonds is 6. The van der Waals surface area contributed by atoms with Gasteiger partial charge < -0.3 is 14.5 Å². The predicted molar refractivity (Wildman–Crippen MR) is 277 cm³/mol. The highest BCUT2D eigenvalue weighted by Gasteiger charge is 2.35. The molecule has 0 aliphatic heterocycles. The van der Waals surface area contributed by atoms with Gasteiger partial charge in [-0.05, 0) is 183 Å². The first kappa shape index (κ1) is 42.6. The number of hydrogen-bond donors (Lipinski definition) is 1. The summed E-state index contributed by atoms with van der Waals surface area (Å²) in [6.45, 7) is 13.5. The van der Waals surface area contributed by atoms with Crippen molar-refractivity contribution in [2.45, 2.75) is 92.3 Å². The standard InChI is InChI=1S/C58H55Br2NO4/c1-29(2)35-19-15-31(5)23-49(35)64-57(62)33-17-21-41-37-11-7-9-13-39(37)45-27-47(59)55-53(51(45)43(41)25-33)54-52-44-26-34(58(63)65-50-24-32(6)16-20-36(50)30(3)4)18-22-42(44)38-12-8-10-14-40(38)46(52)28-48(60)56(54)61-55/h7-14,17-18,21-22,25-32,35-36,49-50,61H,15-16,19-20,23-24H2,1-6H3/t31-,32-,35+,36+,49-,50-/m1/s1. The highest BCUT2D eigenvalue weighted by molar-refractivity contribution is 9.11. The Hall–Kier alpha value is -4.98. The first-order chi connectivity index (χ1) is 31.4. The van der Waals surface area contributed by atoms with Crippen LogP contribution in [0.25, 0.3) is 86.4 Å². The van der Waals surface area contributed by atoms with Gasteiger partial charge >= 0.3 is 11.9 Å². The van der Waals surface area contributed by atoms with Crippen molar-refractivity contribution in [3.63, 3.8) is 0 Å². The lowest BCUT2D eigenvalue weighted by atomic mass is 9.75. The summed E-state index contributed by atoms with van der Waals surface area (Å²) >= 11 is 8.11. The number of carbonyl (C=O) groups is 2. The van der Waals surface area contributed by atoms with E-state index in [1.54, 1.807) is 0 Å². The van der Waals surface area contributed by atoms with Gasteiger partial charge in [0.15, 0.2) is 0 Å². The van der Waals surface area contributed by atoms with E-state index in [9.17, 15) is 9.59 Å². The molecule has 1 N–H and O–H groups in total. The van der Waals surface area contributed by atoms with Crippen molar-refractivity contribution in [2.75, 3.05) is 0 Å². The molecule has 65 heavy (non-hydrogen) atoms. The summed E-state index contributed by atoms with van der Waals surface area (Å²) in [6, 6.07) is 33.9. The van der Waals surface area contributed by atoms with Crippen LogP contribution < -0.4 is 0 Å². The number of aromatic nitrogens is 1. The molecule has 0 unspecified atom stereocenters. The van der Waals surface area contributed by atoms with Crippen LogP contribution in [0.15, 0.2) is 106 Å². The van der Waals surface area contributed by atoms with Crippen molar-refractivity contribution in [2.24, 2.45) is 35.5 Å². The summed E-state index contributed by atoms with van der Waals surface area (Å²) in [7, 11) is 0. The highest BCUT2D eigenvalue weighted by atomic mass is 79.9. The first-order valence-corrected chi connectivity index (χ1v) is 25.4. The van der Waals surface area contributed by atoms with Gasteiger partial charge in [0.2, 0.25) is 0 Å². The van der Waals surface area contributed by atoms with Crippen LogP contribution >= 0.6 is 31.9 Å². The zero-order valence-electron chi connectivity index (χ0n) is 38.0. The Kier molecular flexibility index (Phi) is 10.8. The van der Waals surface area contributed by atoms with E-state index in [1.165, 1.54) is 12.8 Å². The van der Waals surface area contributed by atoms with Gasteiger partial charge in [0.05, 0.1) is 22.2 Å².